The highest BCUT2D eigenvalue weighted by Gasteiger charge is 2.34. The monoisotopic (exact) mass is 335 g/mol. The number of carbonyl (C=O) groups excluding carboxylic acids is 2. The van der Waals surface area contributed by atoms with Crippen LogP contribution in [0, 0.1) is 0 Å². The minimum atomic E-state index is -0.228. The van der Waals surface area contributed by atoms with Gasteiger partial charge in [0.05, 0.1) is 18.1 Å². The van der Waals surface area contributed by atoms with Gasteiger partial charge in [-0.05, 0) is 55.8 Å². The Hall–Kier alpha value is -1.95. The molecule has 1 saturated heterocycles. The molecule has 1 fully saturated rings. The van der Waals surface area contributed by atoms with Crippen molar-refractivity contribution in [3.05, 3.63) is 28.7 Å². The van der Waals surface area contributed by atoms with E-state index >= 15 is 0 Å². The Balaban J connectivity index is 2.27. The summed E-state index contributed by atoms with van der Waals surface area (Å²) in [5.41, 5.74) is 0.805. The molecule has 0 aliphatic carbocycles. The third-order valence-corrected chi connectivity index (χ3v) is 4.09. The number of imide groups is 1. The second-order valence-electron chi connectivity index (χ2n) is 4.91. The summed E-state index contributed by atoms with van der Waals surface area (Å²) in [5.74, 6) is 1.08. The molecule has 6 heteroatoms. The fourth-order valence-corrected chi connectivity index (χ4v) is 3.09. The smallest absolute Gasteiger partial charge is 0.293 e. The predicted molar refractivity (Wildman–Crippen MR) is 91.7 cm³/mol. The Morgan fingerprint density at radius 1 is 1.09 bits per heavy atom. The predicted octanol–water partition coefficient (Wildman–Crippen LogP) is 3.93. The van der Waals surface area contributed by atoms with Gasteiger partial charge in [-0.3, -0.25) is 14.5 Å². The Labute approximate surface area is 140 Å². The van der Waals surface area contributed by atoms with Gasteiger partial charge in [-0.2, -0.15) is 0 Å². The van der Waals surface area contributed by atoms with Gasteiger partial charge < -0.3 is 9.47 Å². The summed E-state index contributed by atoms with van der Waals surface area (Å²) < 4.78 is 11.1. The second kappa shape index (κ2) is 8.06. The van der Waals surface area contributed by atoms with Crippen molar-refractivity contribution >= 4 is 29.0 Å². The molecule has 2 amide bonds. The summed E-state index contributed by atoms with van der Waals surface area (Å²) in [6, 6.07) is 5.49. The van der Waals surface area contributed by atoms with Gasteiger partial charge in [0.15, 0.2) is 11.5 Å². The van der Waals surface area contributed by atoms with Crippen molar-refractivity contribution in [3.8, 4) is 11.5 Å². The molecule has 1 aliphatic rings. The number of carbonyl (C=O) groups is 2. The molecule has 1 aromatic rings. The van der Waals surface area contributed by atoms with Crippen LogP contribution in [0.2, 0.25) is 0 Å². The Kier molecular flexibility index (Phi) is 6.10. The third kappa shape index (κ3) is 4.07. The third-order valence-electron chi connectivity index (χ3n) is 3.19. The highest BCUT2D eigenvalue weighted by atomic mass is 32.2. The van der Waals surface area contributed by atoms with Crippen molar-refractivity contribution in [3.63, 3.8) is 0 Å². The van der Waals surface area contributed by atoms with Gasteiger partial charge in [-0.25, -0.2) is 0 Å². The maximum absolute atomic E-state index is 12.3. The van der Waals surface area contributed by atoms with E-state index in [1.165, 1.54) is 4.90 Å². The van der Waals surface area contributed by atoms with E-state index in [1.54, 1.807) is 6.08 Å². The van der Waals surface area contributed by atoms with Crippen LogP contribution in [-0.2, 0) is 4.79 Å². The van der Waals surface area contributed by atoms with Gasteiger partial charge in [0.25, 0.3) is 11.1 Å². The molecular formula is C17H21NO4S. The first-order valence-electron chi connectivity index (χ1n) is 7.75. The van der Waals surface area contributed by atoms with Crippen LogP contribution in [0.4, 0.5) is 4.79 Å². The molecule has 23 heavy (non-hydrogen) atoms. The SMILES string of the molecule is CCCN1C(=O)S/C(=C\c2ccc(OCC)c(OCC)c2)C1=O. The zero-order valence-corrected chi connectivity index (χ0v) is 14.4. The molecule has 1 aromatic carbocycles. The van der Waals surface area contributed by atoms with Gasteiger partial charge in [0.2, 0.25) is 0 Å². The van der Waals surface area contributed by atoms with E-state index in [-0.39, 0.29) is 11.1 Å². The number of nitrogens with zero attached hydrogens (tertiary/aromatic N) is 1. The molecule has 0 atom stereocenters. The first-order valence-corrected chi connectivity index (χ1v) is 8.57. The average Bonchev–Trinajstić information content (AvgIpc) is 2.78. The van der Waals surface area contributed by atoms with Gasteiger partial charge in [0.1, 0.15) is 0 Å². The molecule has 0 bridgehead atoms. The standard InChI is InChI=1S/C17H21NO4S/c1-4-9-18-16(19)15(23-17(18)20)11-12-7-8-13(21-5-2)14(10-12)22-6-3/h7-8,10-11H,4-6,9H2,1-3H3/b15-11-. The van der Waals surface area contributed by atoms with Crippen LogP contribution in [0.3, 0.4) is 0 Å². The molecule has 1 heterocycles. The number of hydrogen-bond acceptors (Lipinski definition) is 5. The summed E-state index contributed by atoms with van der Waals surface area (Å²) in [6.45, 7) is 7.28. The van der Waals surface area contributed by atoms with Crippen molar-refractivity contribution in [1.82, 2.24) is 4.90 Å². The van der Waals surface area contributed by atoms with E-state index in [0.717, 1.165) is 23.7 Å². The van der Waals surface area contributed by atoms with Gasteiger partial charge in [0, 0.05) is 6.54 Å². The van der Waals surface area contributed by atoms with Crippen LogP contribution in [0.25, 0.3) is 6.08 Å². The number of benzene rings is 1. The van der Waals surface area contributed by atoms with Gasteiger partial charge >= 0.3 is 0 Å². The first-order chi connectivity index (χ1) is 11.1. The molecule has 0 aromatic heterocycles. The van der Waals surface area contributed by atoms with Crippen LogP contribution in [0.1, 0.15) is 32.8 Å². The summed E-state index contributed by atoms with van der Waals surface area (Å²) in [6.07, 6.45) is 2.47. The minimum Gasteiger partial charge on any atom is -0.490 e. The number of rotatable bonds is 7. The van der Waals surface area contributed by atoms with Crippen molar-refractivity contribution in [2.24, 2.45) is 0 Å². The highest BCUT2D eigenvalue weighted by Crippen LogP contribution is 2.34. The Morgan fingerprint density at radius 3 is 2.43 bits per heavy atom. The van der Waals surface area contributed by atoms with Crippen molar-refractivity contribution in [1.29, 1.82) is 0 Å². The summed E-state index contributed by atoms with van der Waals surface area (Å²) >= 11 is 0.977. The molecule has 1 aliphatic heterocycles. The zero-order valence-electron chi connectivity index (χ0n) is 13.6. The Bertz CT molecular complexity index is 627. The Morgan fingerprint density at radius 2 is 1.78 bits per heavy atom. The number of hydrogen-bond donors (Lipinski definition) is 0. The van der Waals surface area contributed by atoms with Crippen LogP contribution in [-0.4, -0.2) is 35.8 Å². The highest BCUT2D eigenvalue weighted by molar-refractivity contribution is 8.18. The molecule has 0 spiro atoms. The maximum atomic E-state index is 12.3. The number of amides is 2. The van der Waals surface area contributed by atoms with E-state index in [4.69, 9.17) is 9.47 Å². The zero-order chi connectivity index (χ0) is 16.8. The van der Waals surface area contributed by atoms with Crippen molar-refractivity contribution in [2.45, 2.75) is 27.2 Å². The molecule has 0 unspecified atom stereocenters. The second-order valence-corrected chi connectivity index (χ2v) is 5.90. The number of ether oxygens (including phenoxy) is 2. The summed E-state index contributed by atoms with van der Waals surface area (Å²) in [4.78, 5) is 25.8. The molecular weight excluding hydrogens is 314 g/mol. The van der Waals surface area contributed by atoms with Crippen LogP contribution in [0.15, 0.2) is 23.1 Å². The lowest BCUT2D eigenvalue weighted by atomic mass is 10.2. The van der Waals surface area contributed by atoms with Crippen LogP contribution >= 0.6 is 11.8 Å². The van der Waals surface area contributed by atoms with E-state index in [0.29, 0.717) is 36.2 Å². The normalized spacial score (nSPS) is 16.3. The fourth-order valence-electron chi connectivity index (χ4n) is 2.23. The summed E-state index contributed by atoms with van der Waals surface area (Å²) in [7, 11) is 0. The molecule has 5 nitrogen and oxygen atoms in total. The maximum Gasteiger partial charge on any atom is 0.293 e. The minimum absolute atomic E-state index is 0.209. The van der Waals surface area contributed by atoms with E-state index in [1.807, 2.05) is 39.0 Å². The molecule has 124 valence electrons. The van der Waals surface area contributed by atoms with E-state index in [9.17, 15) is 9.59 Å². The fraction of sp³-hybridized carbons (Fsp3) is 0.412. The quantitative estimate of drug-likeness (QED) is 0.707. The topological polar surface area (TPSA) is 55.8 Å². The lowest BCUT2D eigenvalue weighted by Gasteiger charge is -2.11. The van der Waals surface area contributed by atoms with Crippen molar-refractivity contribution in [2.75, 3.05) is 19.8 Å². The number of thioether (sulfide) groups is 1. The van der Waals surface area contributed by atoms with E-state index in [2.05, 4.69) is 0 Å². The van der Waals surface area contributed by atoms with Crippen LogP contribution < -0.4 is 9.47 Å². The van der Waals surface area contributed by atoms with Gasteiger partial charge in [-0.1, -0.05) is 13.0 Å². The molecule has 0 radical (unpaired) electrons. The average molecular weight is 335 g/mol. The van der Waals surface area contributed by atoms with Gasteiger partial charge in [-0.15, -0.1) is 0 Å². The van der Waals surface area contributed by atoms with Crippen molar-refractivity contribution < 1.29 is 19.1 Å². The lowest BCUT2D eigenvalue weighted by molar-refractivity contribution is -0.122. The largest absolute Gasteiger partial charge is 0.490 e. The van der Waals surface area contributed by atoms with E-state index < -0.39 is 0 Å². The van der Waals surface area contributed by atoms with Crippen LogP contribution in [0.5, 0.6) is 11.5 Å². The molecule has 2 rings (SSSR count). The first kappa shape index (κ1) is 17.4. The molecule has 0 saturated carbocycles. The molecule has 0 N–H and O–H groups in total. The summed E-state index contributed by atoms with van der Waals surface area (Å²) in [5, 5.41) is -0.209. The lowest BCUT2D eigenvalue weighted by Crippen LogP contribution is -2.28.